The number of carbonyl (C=O) groups is 1. The standard InChI is InChI=1S/C25H28N4O4S/c1-2-16-3-4-18(13-27-16)32-19-9-15-10-21(25-28-14-20(34-25)12-23(26)30)29-24(15)22(11-19)33-17-5-7-31-8-6-17/h3-4,9-11,13,17,20,29H,2,5-8,12,14H2,1H3,(H2,26,30). The van der Waals surface area contributed by atoms with Crippen molar-refractivity contribution in [1.82, 2.24) is 9.97 Å². The van der Waals surface area contributed by atoms with Gasteiger partial charge in [-0.1, -0.05) is 18.7 Å². The van der Waals surface area contributed by atoms with Gasteiger partial charge in [0, 0.05) is 41.7 Å². The number of nitrogens with zero attached hydrogens (tertiary/aromatic N) is 2. The third-order valence-electron chi connectivity index (χ3n) is 5.90. The van der Waals surface area contributed by atoms with Crippen LogP contribution in [-0.2, 0) is 16.0 Å². The van der Waals surface area contributed by atoms with Gasteiger partial charge in [-0.3, -0.25) is 14.8 Å². The molecule has 3 N–H and O–H groups in total. The zero-order valence-corrected chi connectivity index (χ0v) is 19.9. The van der Waals surface area contributed by atoms with Crippen molar-refractivity contribution in [2.45, 2.75) is 44.0 Å². The molecule has 2 aromatic heterocycles. The number of aromatic nitrogens is 2. The fourth-order valence-corrected chi connectivity index (χ4v) is 5.24. The van der Waals surface area contributed by atoms with Crippen LogP contribution < -0.4 is 15.2 Å². The summed E-state index contributed by atoms with van der Waals surface area (Å²) in [5.41, 5.74) is 8.18. The first-order valence-corrected chi connectivity index (χ1v) is 12.5. The van der Waals surface area contributed by atoms with Gasteiger partial charge >= 0.3 is 0 Å². The first-order valence-electron chi connectivity index (χ1n) is 11.6. The number of nitrogens with two attached hydrogens (primary N) is 1. The Morgan fingerprint density at radius 3 is 2.82 bits per heavy atom. The fourth-order valence-electron chi connectivity index (χ4n) is 4.14. The first kappa shape index (κ1) is 22.7. The first-order chi connectivity index (χ1) is 16.6. The largest absolute Gasteiger partial charge is 0.488 e. The van der Waals surface area contributed by atoms with E-state index in [-0.39, 0.29) is 17.3 Å². The molecule has 5 rings (SSSR count). The zero-order valence-electron chi connectivity index (χ0n) is 19.1. The van der Waals surface area contributed by atoms with Crippen molar-refractivity contribution in [2.75, 3.05) is 19.8 Å². The van der Waals surface area contributed by atoms with Crippen LogP contribution in [0.4, 0.5) is 0 Å². The fraction of sp³-hybridized carbons (Fsp3) is 0.400. The van der Waals surface area contributed by atoms with E-state index in [9.17, 15) is 4.79 Å². The third-order valence-corrected chi connectivity index (χ3v) is 7.12. The number of aryl methyl sites for hydroxylation is 1. The lowest BCUT2D eigenvalue weighted by Crippen LogP contribution is -2.25. The van der Waals surface area contributed by atoms with Gasteiger partial charge in [0.1, 0.15) is 28.4 Å². The maximum Gasteiger partial charge on any atom is 0.218 e. The van der Waals surface area contributed by atoms with Gasteiger partial charge < -0.3 is 24.9 Å². The number of thioether (sulfide) groups is 1. The average Bonchev–Trinajstić information content (AvgIpc) is 3.47. The van der Waals surface area contributed by atoms with Gasteiger partial charge in [-0.15, -0.1) is 0 Å². The molecule has 2 aliphatic heterocycles. The molecule has 178 valence electrons. The van der Waals surface area contributed by atoms with Gasteiger partial charge in [-0.2, -0.15) is 0 Å². The van der Waals surface area contributed by atoms with Crippen molar-refractivity contribution in [1.29, 1.82) is 0 Å². The van der Waals surface area contributed by atoms with E-state index in [4.69, 9.17) is 19.9 Å². The van der Waals surface area contributed by atoms with E-state index >= 15 is 0 Å². The number of carbonyl (C=O) groups excluding carboxylic acids is 1. The van der Waals surface area contributed by atoms with E-state index < -0.39 is 0 Å². The smallest absolute Gasteiger partial charge is 0.218 e. The number of benzene rings is 1. The summed E-state index contributed by atoms with van der Waals surface area (Å²) in [6.07, 6.45) is 4.72. The van der Waals surface area contributed by atoms with Gasteiger partial charge in [-0.25, -0.2) is 0 Å². The summed E-state index contributed by atoms with van der Waals surface area (Å²) in [6, 6.07) is 9.86. The highest BCUT2D eigenvalue weighted by Crippen LogP contribution is 2.37. The highest BCUT2D eigenvalue weighted by atomic mass is 32.2. The number of hydrogen-bond acceptors (Lipinski definition) is 7. The summed E-state index contributed by atoms with van der Waals surface area (Å²) < 4.78 is 18.0. The van der Waals surface area contributed by atoms with E-state index in [0.29, 0.717) is 37.7 Å². The predicted octanol–water partition coefficient (Wildman–Crippen LogP) is 4.21. The van der Waals surface area contributed by atoms with Crippen LogP contribution in [0.2, 0.25) is 0 Å². The summed E-state index contributed by atoms with van der Waals surface area (Å²) in [6.45, 7) is 4.05. The molecule has 1 saturated heterocycles. The normalized spacial score (nSPS) is 18.7. The minimum absolute atomic E-state index is 0.0781. The molecule has 0 radical (unpaired) electrons. The summed E-state index contributed by atoms with van der Waals surface area (Å²) in [5, 5.41) is 1.92. The van der Waals surface area contributed by atoms with Crippen LogP contribution in [0.15, 0.2) is 41.5 Å². The number of fused-ring (bicyclic) bond motifs is 1. The summed E-state index contributed by atoms with van der Waals surface area (Å²) in [5.74, 6) is 1.79. The molecular formula is C25H28N4O4S. The molecular weight excluding hydrogens is 452 g/mol. The molecule has 4 heterocycles. The van der Waals surface area contributed by atoms with Crippen molar-refractivity contribution in [3.05, 3.63) is 47.9 Å². The molecule has 1 atom stereocenters. The number of primary amides is 1. The highest BCUT2D eigenvalue weighted by Gasteiger charge is 2.25. The van der Waals surface area contributed by atoms with Crippen LogP contribution in [0, 0.1) is 0 Å². The number of hydrogen-bond donors (Lipinski definition) is 2. The van der Waals surface area contributed by atoms with E-state index in [1.54, 1.807) is 18.0 Å². The Kier molecular flexibility index (Phi) is 6.73. The molecule has 9 heteroatoms. The maximum atomic E-state index is 11.3. The van der Waals surface area contributed by atoms with Crippen LogP contribution in [0.3, 0.4) is 0 Å². The predicted molar refractivity (Wildman–Crippen MR) is 133 cm³/mol. The third kappa shape index (κ3) is 5.20. The Bertz CT molecular complexity index is 1200. The van der Waals surface area contributed by atoms with Gasteiger partial charge in [0.2, 0.25) is 5.91 Å². The molecule has 0 spiro atoms. The molecule has 34 heavy (non-hydrogen) atoms. The number of ether oxygens (including phenoxy) is 3. The Morgan fingerprint density at radius 2 is 2.09 bits per heavy atom. The number of rotatable bonds is 8. The second kappa shape index (κ2) is 10.1. The molecule has 1 amide bonds. The van der Waals surface area contributed by atoms with Crippen LogP contribution >= 0.6 is 11.8 Å². The monoisotopic (exact) mass is 480 g/mol. The lowest BCUT2D eigenvalue weighted by atomic mass is 10.1. The molecule has 0 saturated carbocycles. The van der Waals surface area contributed by atoms with Crippen LogP contribution in [0.5, 0.6) is 17.2 Å². The zero-order chi connectivity index (χ0) is 23.5. The molecule has 2 aliphatic rings. The SMILES string of the molecule is CCc1ccc(Oc2cc(OC3CCOCC3)c3[nH]c(C4=NCC(CC(N)=O)S4)cc3c2)cn1. The van der Waals surface area contributed by atoms with Crippen molar-refractivity contribution < 1.29 is 19.0 Å². The number of nitrogens with one attached hydrogen (secondary N) is 1. The Labute approximate surface area is 202 Å². The van der Waals surface area contributed by atoms with E-state index in [0.717, 1.165) is 52.3 Å². The summed E-state index contributed by atoms with van der Waals surface area (Å²) in [7, 11) is 0. The molecule has 0 aliphatic carbocycles. The van der Waals surface area contributed by atoms with Crippen molar-refractivity contribution >= 4 is 33.6 Å². The summed E-state index contributed by atoms with van der Waals surface area (Å²) in [4.78, 5) is 23.8. The molecule has 0 bridgehead atoms. The average molecular weight is 481 g/mol. The van der Waals surface area contributed by atoms with E-state index in [1.165, 1.54) is 0 Å². The van der Waals surface area contributed by atoms with Crippen LogP contribution in [0.1, 0.15) is 37.6 Å². The van der Waals surface area contributed by atoms with Crippen LogP contribution in [0.25, 0.3) is 10.9 Å². The Hall–Kier alpha value is -3.04. The summed E-state index contributed by atoms with van der Waals surface area (Å²) >= 11 is 1.58. The molecule has 1 aromatic carbocycles. The van der Waals surface area contributed by atoms with Gasteiger partial charge in [0.25, 0.3) is 0 Å². The highest BCUT2D eigenvalue weighted by molar-refractivity contribution is 8.15. The number of H-pyrrole nitrogens is 1. The van der Waals surface area contributed by atoms with Gasteiger partial charge in [0.15, 0.2) is 0 Å². The Balaban J connectivity index is 1.45. The van der Waals surface area contributed by atoms with Gasteiger partial charge in [-0.05, 0) is 30.7 Å². The minimum Gasteiger partial charge on any atom is -0.488 e. The van der Waals surface area contributed by atoms with Gasteiger partial charge in [0.05, 0.1) is 37.2 Å². The second-order valence-electron chi connectivity index (χ2n) is 8.50. The number of pyridine rings is 1. The molecule has 8 nitrogen and oxygen atoms in total. The van der Waals surface area contributed by atoms with Crippen molar-refractivity contribution in [2.24, 2.45) is 10.7 Å². The number of aliphatic imine (C=N–C) groups is 1. The number of aromatic amines is 1. The lowest BCUT2D eigenvalue weighted by Gasteiger charge is -2.24. The molecule has 3 aromatic rings. The van der Waals surface area contributed by atoms with Crippen molar-refractivity contribution in [3.8, 4) is 17.2 Å². The maximum absolute atomic E-state index is 11.3. The van der Waals surface area contributed by atoms with E-state index in [2.05, 4.69) is 28.0 Å². The molecule has 1 unspecified atom stereocenters. The van der Waals surface area contributed by atoms with E-state index in [1.807, 2.05) is 24.3 Å². The van der Waals surface area contributed by atoms with Crippen molar-refractivity contribution in [3.63, 3.8) is 0 Å². The minimum atomic E-state index is -0.305. The number of amides is 1. The van der Waals surface area contributed by atoms with Crippen LogP contribution in [-0.4, -0.2) is 52.0 Å². The quantitative estimate of drug-likeness (QED) is 0.499. The molecule has 1 fully saturated rings. The Morgan fingerprint density at radius 1 is 1.24 bits per heavy atom. The second-order valence-corrected chi connectivity index (χ2v) is 9.78. The topological polar surface area (TPSA) is 112 Å². The lowest BCUT2D eigenvalue weighted by molar-refractivity contribution is -0.117.